The molecule has 1 aliphatic carbocycles. The average Bonchev–Trinajstić information content (AvgIpc) is 2.86. The summed E-state index contributed by atoms with van der Waals surface area (Å²) in [7, 11) is -2.46. The Bertz CT molecular complexity index is 1200. The summed E-state index contributed by atoms with van der Waals surface area (Å²) in [6.07, 6.45) is 6.02. The molecule has 0 aromatic heterocycles. The van der Waals surface area contributed by atoms with Gasteiger partial charge < -0.3 is 15.0 Å². The van der Waals surface area contributed by atoms with Gasteiger partial charge in [0.1, 0.15) is 24.2 Å². The van der Waals surface area contributed by atoms with E-state index in [1.165, 1.54) is 24.1 Å². The van der Waals surface area contributed by atoms with E-state index >= 15 is 0 Å². The number of benzene rings is 2. The van der Waals surface area contributed by atoms with E-state index in [9.17, 15) is 22.4 Å². The highest BCUT2D eigenvalue weighted by molar-refractivity contribution is 7.92. The Morgan fingerprint density at radius 2 is 1.76 bits per heavy atom. The lowest BCUT2D eigenvalue weighted by atomic mass is 9.95. The number of nitrogens with zero attached hydrogens (tertiary/aromatic N) is 2. The molecule has 1 saturated carbocycles. The van der Waals surface area contributed by atoms with Crippen molar-refractivity contribution in [1.82, 2.24) is 10.2 Å². The van der Waals surface area contributed by atoms with Crippen molar-refractivity contribution >= 4 is 27.5 Å². The van der Waals surface area contributed by atoms with Gasteiger partial charge in [0, 0.05) is 12.6 Å². The third-order valence-electron chi connectivity index (χ3n) is 6.67. The van der Waals surface area contributed by atoms with Crippen molar-refractivity contribution in [2.45, 2.75) is 64.6 Å². The zero-order valence-electron chi connectivity index (χ0n) is 21.9. The number of rotatable bonds is 10. The molecule has 0 heterocycles. The van der Waals surface area contributed by atoms with E-state index in [-0.39, 0.29) is 24.2 Å². The van der Waals surface area contributed by atoms with Gasteiger partial charge in [-0.2, -0.15) is 0 Å². The second-order valence-electron chi connectivity index (χ2n) is 9.61. The number of amides is 2. The van der Waals surface area contributed by atoms with Crippen molar-refractivity contribution in [1.29, 1.82) is 0 Å². The van der Waals surface area contributed by atoms with Gasteiger partial charge in [-0.05, 0) is 62.1 Å². The number of hydrogen-bond donors (Lipinski definition) is 1. The molecule has 3 rings (SSSR count). The quantitative estimate of drug-likeness (QED) is 0.502. The van der Waals surface area contributed by atoms with Crippen LogP contribution in [0.25, 0.3) is 0 Å². The van der Waals surface area contributed by atoms with Gasteiger partial charge in [0.15, 0.2) is 0 Å². The number of hydrogen-bond acceptors (Lipinski definition) is 5. The molecule has 0 bridgehead atoms. The predicted octanol–water partition coefficient (Wildman–Crippen LogP) is 3.77. The minimum Gasteiger partial charge on any atom is -0.495 e. The monoisotopic (exact) mass is 533 g/mol. The predicted molar refractivity (Wildman–Crippen MR) is 141 cm³/mol. The molecule has 0 radical (unpaired) electrons. The second-order valence-corrected chi connectivity index (χ2v) is 11.5. The lowest BCUT2D eigenvalue weighted by molar-refractivity contribution is -0.139. The molecule has 2 aromatic carbocycles. The molecule has 1 atom stereocenters. The topological polar surface area (TPSA) is 96.0 Å². The Balaban J connectivity index is 1.91. The Morgan fingerprint density at radius 1 is 1.11 bits per heavy atom. The third kappa shape index (κ3) is 7.67. The van der Waals surface area contributed by atoms with Gasteiger partial charge in [0.2, 0.25) is 21.8 Å². The first kappa shape index (κ1) is 28.4. The fraction of sp³-hybridized carbons (Fsp3) is 0.481. The minimum atomic E-state index is -3.89. The van der Waals surface area contributed by atoms with Crippen molar-refractivity contribution in [3.05, 3.63) is 59.4 Å². The Labute approximate surface area is 218 Å². The number of sulfonamides is 1. The van der Waals surface area contributed by atoms with E-state index in [1.54, 1.807) is 37.3 Å². The fourth-order valence-corrected chi connectivity index (χ4v) is 5.37. The summed E-state index contributed by atoms with van der Waals surface area (Å²) >= 11 is 0. The molecule has 1 N–H and O–H groups in total. The standard InChI is InChI=1S/C27H36FN3O5S/c1-19-10-15-25(36-3)24(16-19)31(37(4,34)35)18-26(32)30(17-21-11-13-22(28)14-12-21)20(2)27(33)29-23-8-6-5-7-9-23/h10-16,20,23H,5-9,17-18H2,1-4H3,(H,29,33)/t20-/m1/s1. The molecule has 10 heteroatoms. The number of anilines is 1. The molecule has 2 aromatic rings. The van der Waals surface area contributed by atoms with Crippen LogP contribution in [0.3, 0.4) is 0 Å². The van der Waals surface area contributed by atoms with E-state index in [1.807, 2.05) is 6.92 Å². The number of halogens is 1. The largest absolute Gasteiger partial charge is 0.495 e. The van der Waals surface area contributed by atoms with Crippen LogP contribution in [0.1, 0.15) is 50.2 Å². The molecule has 1 fully saturated rings. The number of nitrogens with one attached hydrogen (secondary N) is 1. The molecule has 0 spiro atoms. The summed E-state index contributed by atoms with van der Waals surface area (Å²) in [6, 6.07) is 9.88. The molecule has 0 saturated heterocycles. The smallest absolute Gasteiger partial charge is 0.244 e. The maximum absolute atomic E-state index is 13.7. The number of methoxy groups -OCH3 is 1. The van der Waals surface area contributed by atoms with Crippen molar-refractivity contribution in [3.8, 4) is 5.75 Å². The number of aryl methyl sites for hydroxylation is 1. The van der Waals surface area contributed by atoms with Crippen LogP contribution < -0.4 is 14.4 Å². The minimum absolute atomic E-state index is 0.0148. The van der Waals surface area contributed by atoms with Crippen LogP contribution >= 0.6 is 0 Å². The van der Waals surface area contributed by atoms with Gasteiger partial charge in [-0.25, -0.2) is 12.8 Å². The number of ether oxygens (including phenoxy) is 1. The van der Waals surface area contributed by atoms with Crippen LogP contribution in [0, 0.1) is 12.7 Å². The maximum atomic E-state index is 13.7. The highest BCUT2D eigenvalue weighted by Gasteiger charge is 2.32. The molecule has 202 valence electrons. The first-order valence-corrected chi connectivity index (χ1v) is 14.3. The molecule has 0 aliphatic heterocycles. The van der Waals surface area contributed by atoms with Crippen LogP contribution in [0.5, 0.6) is 5.75 Å². The summed E-state index contributed by atoms with van der Waals surface area (Å²) in [5.41, 5.74) is 1.64. The maximum Gasteiger partial charge on any atom is 0.244 e. The summed E-state index contributed by atoms with van der Waals surface area (Å²) in [5, 5.41) is 3.05. The fourth-order valence-electron chi connectivity index (χ4n) is 4.53. The SMILES string of the molecule is COc1ccc(C)cc1N(CC(=O)N(Cc1ccc(F)cc1)[C@H](C)C(=O)NC1CCCCC1)S(C)(=O)=O. The second kappa shape index (κ2) is 12.4. The molecule has 1 aliphatic rings. The van der Waals surface area contributed by atoms with Crippen molar-refractivity contribution in [2.24, 2.45) is 0 Å². The van der Waals surface area contributed by atoms with Gasteiger partial charge in [-0.1, -0.05) is 37.5 Å². The van der Waals surface area contributed by atoms with Gasteiger partial charge >= 0.3 is 0 Å². The van der Waals surface area contributed by atoms with Crippen LogP contribution in [0.2, 0.25) is 0 Å². The number of carbonyl (C=O) groups excluding carboxylic acids is 2. The molecular formula is C27H36FN3O5S. The van der Waals surface area contributed by atoms with Crippen molar-refractivity contribution in [3.63, 3.8) is 0 Å². The molecule has 37 heavy (non-hydrogen) atoms. The molecule has 0 unspecified atom stereocenters. The van der Waals surface area contributed by atoms with Crippen LogP contribution in [0.4, 0.5) is 10.1 Å². The first-order chi connectivity index (χ1) is 17.5. The Hall–Kier alpha value is -3.14. The van der Waals surface area contributed by atoms with Gasteiger partial charge in [-0.15, -0.1) is 0 Å². The van der Waals surface area contributed by atoms with E-state index in [0.717, 1.165) is 48.2 Å². The van der Waals surface area contributed by atoms with E-state index < -0.39 is 34.3 Å². The lowest BCUT2D eigenvalue weighted by Gasteiger charge is -2.33. The Kier molecular flexibility index (Phi) is 9.53. The van der Waals surface area contributed by atoms with E-state index in [0.29, 0.717) is 11.3 Å². The third-order valence-corrected chi connectivity index (χ3v) is 7.79. The van der Waals surface area contributed by atoms with Gasteiger partial charge in [0.05, 0.1) is 19.1 Å². The van der Waals surface area contributed by atoms with Crippen LogP contribution in [0.15, 0.2) is 42.5 Å². The normalized spacial score (nSPS) is 15.1. The summed E-state index contributed by atoms with van der Waals surface area (Å²) in [4.78, 5) is 28.2. The lowest BCUT2D eigenvalue weighted by Crippen LogP contribution is -2.53. The van der Waals surface area contributed by atoms with Crippen molar-refractivity contribution in [2.75, 3.05) is 24.2 Å². The van der Waals surface area contributed by atoms with E-state index in [2.05, 4.69) is 5.32 Å². The summed E-state index contributed by atoms with van der Waals surface area (Å²) < 4.78 is 45.5. The van der Waals surface area contributed by atoms with Crippen molar-refractivity contribution < 1.29 is 27.1 Å². The molecular weight excluding hydrogens is 497 g/mol. The van der Waals surface area contributed by atoms with Gasteiger partial charge in [0.25, 0.3) is 0 Å². The average molecular weight is 534 g/mol. The highest BCUT2D eigenvalue weighted by atomic mass is 32.2. The van der Waals surface area contributed by atoms with Crippen LogP contribution in [-0.2, 0) is 26.2 Å². The summed E-state index contributed by atoms with van der Waals surface area (Å²) in [6.45, 7) is 2.92. The number of carbonyl (C=O) groups is 2. The first-order valence-electron chi connectivity index (χ1n) is 12.5. The molecule has 8 nitrogen and oxygen atoms in total. The molecule has 2 amide bonds. The summed E-state index contributed by atoms with van der Waals surface area (Å²) in [5.74, 6) is -0.984. The van der Waals surface area contributed by atoms with Crippen LogP contribution in [-0.4, -0.2) is 57.1 Å². The Morgan fingerprint density at radius 3 is 2.35 bits per heavy atom. The van der Waals surface area contributed by atoms with Gasteiger partial charge in [-0.3, -0.25) is 13.9 Å². The zero-order valence-corrected chi connectivity index (χ0v) is 22.7. The zero-order chi connectivity index (χ0) is 27.2. The highest BCUT2D eigenvalue weighted by Crippen LogP contribution is 2.31. The van der Waals surface area contributed by atoms with E-state index in [4.69, 9.17) is 4.74 Å².